The molecule has 0 spiro atoms. The second kappa shape index (κ2) is 8.56. The monoisotopic (exact) mass is 381 g/mol. The smallest absolute Gasteiger partial charge is 0.217 e. The third kappa shape index (κ3) is 5.26. The van der Waals surface area contributed by atoms with Gasteiger partial charge in [-0.25, -0.2) is 0 Å². The summed E-state index contributed by atoms with van der Waals surface area (Å²) in [6, 6.07) is 12.3. The van der Waals surface area contributed by atoms with Gasteiger partial charge >= 0.3 is 0 Å². The summed E-state index contributed by atoms with van der Waals surface area (Å²) >= 11 is 13.4. The Kier molecular flexibility index (Phi) is 6.72. The van der Waals surface area contributed by atoms with Crippen molar-refractivity contribution in [1.29, 1.82) is 0 Å². The van der Waals surface area contributed by atoms with Gasteiger partial charge in [0.05, 0.1) is 16.8 Å². The molecule has 2 aromatic carbocycles. The number of nitrogens with one attached hydrogen (secondary N) is 1. The SMILES string of the molecule is CC(=O)NC(C)c1ccc(C(=O)CSc2cc(Cl)ccc2Cl)cc1. The highest BCUT2D eigenvalue weighted by Crippen LogP contribution is 2.30. The minimum absolute atomic E-state index is 0.00905. The summed E-state index contributed by atoms with van der Waals surface area (Å²) in [6.45, 7) is 3.38. The van der Waals surface area contributed by atoms with Crippen LogP contribution in [0.2, 0.25) is 10.0 Å². The van der Waals surface area contributed by atoms with Crippen LogP contribution in [-0.2, 0) is 4.79 Å². The number of carbonyl (C=O) groups is 2. The molecule has 1 atom stereocenters. The summed E-state index contributed by atoms with van der Waals surface area (Å²) in [4.78, 5) is 24.2. The molecule has 6 heteroatoms. The minimum Gasteiger partial charge on any atom is -0.350 e. The van der Waals surface area contributed by atoms with Gasteiger partial charge in [0.15, 0.2) is 5.78 Å². The highest BCUT2D eigenvalue weighted by atomic mass is 35.5. The lowest BCUT2D eigenvalue weighted by atomic mass is 10.0. The van der Waals surface area contributed by atoms with Crippen molar-refractivity contribution in [3.8, 4) is 0 Å². The van der Waals surface area contributed by atoms with Gasteiger partial charge in [-0.1, -0.05) is 47.5 Å². The van der Waals surface area contributed by atoms with E-state index in [9.17, 15) is 9.59 Å². The van der Waals surface area contributed by atoms with Gasteiger partial charge in [-0.15, -0.1) is 11.8 Å². The lowest BCUT2D eigenvalue weighted by Gasteiger charge is -2.13. The quantitative estimate of drug-likeness (QED) is 0.554. The predicted molar refractivity (Wildman–Crippen MR) is 100 cm³/mol. The lowest BCUT2D eigenvalue weighted by Crippen LogP contribution is -2.23. The van der Waals surface area contributed by atoms with E-state index in [4.69, 9.17) is 23.2 Å². The van der Waals surface area contributed by atoms with Crippen molar-refractivity contribution in [2.75, 3.05) is 5.75 Å². The van der Waals surface area contributed by atoms with Crippen LogP contribution in [0.3, 0.4) is 0 Å². The molecule has 0 radical (unpaired) electrons. The molecule has 1 N–H and O–H groups in total. The Labute approximate surface area is 155 Å². The summed E-state index contributed by atoms with van der Waals surface area (Å²) in [5.74, 6) is 0.202. The first-order valence-electron chi connectivity index (χ1n) is 7.35. The van der Waals surface area contributed by atoms with E-state index in [0.29, 0.717) is 15.6 Å². The van der Waals surface area contributed by atoms with Crippen molar-refractivity contribution in [2.45, 2.75) is 24.8 Å². The number of thioether (sulfide) groups is 1. The molecule has 2 rings (SSSR count). The van der Waals surface area contributed by atoms with Crippen molar-refractivity contribution < 1.29 is 9.59 Å². The first kappa shape index (κ1) is 18.8. The van der Waals surface area contributed by atoms with E-state index in [1.165, 1.54) is 18.7 Å². The molecule has 0 aliphatic carbocycles. The zero-order chi connectivity index (χ0) is 17.7. The van der Waals surface area contributed by atoms with E-state index in [2.05, 4.69) is 5.32 Å². The first-order valence-corrected chi connectivity index (χ1v) is 9.09. The van der Waals surface area contributed by atoms with Gasteiger partial charge in [0.25, 0.3) is 0 Å². The van der Waals surface area contributed by atoms with Crippen LogP contribution in [0.5, 0.6) is 0 Å². The number of ketones is 1. The van der Waals surface area contributed by atoms with Gasteiger partial charge in [0.2, 0.25) is 5.91 Å². The average molecular weight is 382 g/mol. The van der Waals surface area contributed by atoms with Crippen LogP contribution in [0.25, 0.3) is 0 Å². The Morgan fingerprint density at radius 3 is 2.42 bits per heavy atom. The molecule has 0 saturated heterocycles. The number of carbonyl (C=O) groups excluding carboxylic acids is 2. The summed E-state index contributed by atoms with van der Waals surface area (Å²) in [5.41, 5.74) is 1.58. The fourth-order valence-corrected chi connectivity index (χ4v) is 3.55. The van der Waals surface area contributed by atoms with E-state index < -0.39 is 0 Å². The number of rotatable bonds is 6. The van der Waals surface area contributed by atoms with Gasteiger partial charge in [-0.3, -0.25) is 9.59 Å². The van der Waals surface area contributed by atoms with Gasteiger partial charge in [0, 0.05) is 22.4 Å². The Morgan fingerprint density at radius 1 is 1.12 bits per heavy atom. The first-order chi connectivity index (χ1) is 11.4. The molecule has 0 aliphatic heterocycles. The maximum atomic E-state index is 12.3. The normalized spacial score (nSPS) is 11.8. The van der Waals surface area contributed by atoms with Gasteiger partial charge in [0.1, 0.15) is 0 Å². The third-order valence-electron chi connectivity index (χ3n) is 3.40. The van der Waals surface area contributed by atoms with E-state index in [0.717, 1.165) is 10.5 Å². The zero-order valence-electron chi connectivity index (χ0n) is 13.3. The molecule has 1 unspecified atom stereocenters. The molecule has 0 saturated carbocycles. The number of hydrogen-bond donors (Lipinski definition) is 1. The number of benzene rings is 2. The molecule has 2 aromatic rings. The summed E-state index contributed by atoms with van der Waals surface area (Å²) in [5, 5.41) is 3.98. The van der Waals surface area contributed by atoms with Crippen molar-refractivity contribution in [3.63, 3.8) is 0 Å². The number of Topliss-reactive ketones (excluding diaryl/α,β-unsaturated/α-hetero) is 1. The number of halogens is 2. The van der Waals surface area contributed by atoms with Crippen LogP contribution < -0.4 is 5.32 Å². The molecule has 0 heterocycles. The Bertz CT molecular complexity index is 747. The van der Waals surface area contributed by atoms with Crippen molar-refractivity contribution in [3.05, 3.63) is 63.6 Å². The molecule has 0 aliphatic rings. The molecule has 0 bridgehead atoms. The lowest BCUT2D eigenvalue weighted by molar-refractivity contribution is -0.119. The van der Waals surface area contributed by atoms with E-state index in [1.54, 1.807) is 30.3 Å². The fourth-order valence-electron chi connectivity index (χ4n) is 2.16. The van der Waals surface area contributed by atoms with Crippen LogP contribution in [0.1, 0.15) is 35.8 Å². The predicted octanol–water partition coefficient (Wildman–Crippen LogP) is 5.17. The topological polar surface area (TPSA) is 46.2 Å². The summed E-state index contributed by atoms with van der Waals surface area (Å²) in [6.07, 6.45) is 0. The van der Waals surface area contributed by atoms with Crippen LogP contribution >= 0.6 is 35.0 Å². The van der Waals surface area contributed by atoms with Crippen LogP contribution in [0, 0.1) is 0 Å². The number of amides is 1. The highest BCUT2D eigenvalue weighted by molar-refractivity contribution is 8.00. The summed E-state index contributed by atoms with van der Waals surface area (Å²) < 4.78 is 0. The molecule has 126 valence electrons. The van der Waals surface area contributed by atoms with E-state index >= 15 is 0 Å². The minimum atomic E-state index is -0.0914. The maximum absolute atomic E-state index is 12.3. The Hall–Kier alpha value is -1.49. The van der Waals surface area contributed by atoms with Crippen molar-refractivity contribution in [2.24, 2.45) is 0 Å². The van der Waals surface area contributed by atoms with Crippen molar-refractivity contribution >= 4 is 46.7 Å². The molecule has 3 nitrogen and oxygen atoms in total. The summed E-state index contributed by atoms with van der Waals surface area (Å²) in [7, 11) is 0. The molecule has 0 fully saturated rings. The second-order valence-electron chi connectivity index (χ2n) is 5.33. The number of hydrogen-bond acceptors (Lipinski definition) is 3. The molecule has 0 aromatic heterocycles. The molecule has 24 heavy (non-hydrogen) atoms. The standard InChI is InChI=1S/C18H17Cl2NO2S/c1-11(21-12(2)22)13-3-5-14(6-4-13)17(23)10-24-18-9-15(19)7-8-16(18)20/h3-9,11H,10H2,1-2H3,(H,21,22). The molecular formula is C18H17Cl2NO2S. The van der Waals surface area contributed by atoms with E-state index in [-0.39, 0.29) is 23.5 Å². The maximum Gasteiger partial charge on any atom is 0.217 e. The van der Waals surface area contributed by atoms with Crippen LogP contribution in [0.15, 0.2) is 47.4 Å². The largest absolute Gasteiger partial charge is 0.350 e. The zero-order valence-corrected chi connectivity index (χ0v) is 15.6. The Balaban J connectivity index is 2.00. The average Bonchev–Trinajstić information content (AvgIpc) is 2.55. The van der Waals surface area contributed by atoms with Gasteiger partial charge in [-0.05, 0) is 30.7 Å². The molecular weight excluding hydrogens is 365 g/mol. The highest BCUT2D eigenvalue weighted by Gasteiger charge is 2.11. The second-order valence-corrected chi connectivity index (χ2v) is 7.19. The molecule has 1 amide bonds. The Morgan fingerprint density at radius 2 is 1.79 bits per heavy atom. The fraction of sp³-hybridized carbons (Fsp3) is 0.222. The van der Waals surface area contributed by atoms with E-state index in [1.807, 2.05) is 19.1 Å². The van der Waals surface area contributed by atoms with Gasteiger partial charge < -0.3 is 5.32 Å². The van der Waals surface area contributed by atoms with Crippen LogP contribution in [0.4, 0.5) is 0 Å². The van der Waals surface area contributed by atoms with Gasteiger partial charge in [-0.2, -0.15) is 0 Å². The van der Waals surface area contributed by atoms with Crippen molar-refractivity contribution in [1.82, 2.24) is 5.32 Å². The van der Waals surface area contributed by atoms with Crippen LogP contribution in [-0.4, -0.2) is 17.4 Å². The third-order valence-corrected chi connectivity index (χ3v) is 5.14.